The number of carbonyl (C=O) groups excluding carboxylic acids is 1. The second-order valence-electron chi connectivity index (χ2n) is 6.76. The minimum absolute atomic E-state index is 0.277. The van der Waals surface area contributed by atoms with Crippen LogP contribution in [0.5, 0.6) is 5.75 Å². The number of hydrogen-bond donors (Lipinski definition) is 0. The van der Waals surface area contributed by atoms with Gasteiger partial charge in [0.05, 0.1) is 28.3 Å². The van der Waals surface area contributed by atoms with Gasteiger partial charge in [0.15, 0.2) is 4.80 Å². The monoisotopic (exact) mass is 468 g/mol. The molecule has 4 nitrogen and oxygen atoms in total. The molecule has 4 rings (SSSR count). The summed E-state index contributed by atoms with van der Waals surface area (Å²) >= 11 is 13.6. The summed E-state index contributed by atoms with van der Waals surface area (Å²) in [5.41, 5.74) is 3.32. The lowest BCUT2D eigenvalue weighted by Gasteiger charge is -2.08. The Labute approximate surface area is 194 Å². The van der Waals surface area contributed by atoms with Crippen LogP contribution in [0.15, 0.2) is 77.8 Å². The molecule has 0 saturated heterocycles. The third-order valence-corrected chi connectivity index (χ3v) is 6.52. The van der Waals surface area contributed by atoms with E-state index in [4.69, 9.17) is 27.9 Å². The van der Waals surface area contributed by atoms with Crippen molar-refractivity contribution < 1.29 is 9.53 Å². The lowest BCUT2D eigenvalue weighted by Crippen LogP contribution is -2.14. The molecule has 0 unspecified atom stereocenters. The molecule has 1 heterocycles. The topological polar surface area (TPSA) is 43.6 Å². The van der Waals surface area contributed by atoms with E-state index in [1.165, 1.54) is 11.3 Å². The highest BCUT2D eigenvalue weighted by molar-refractivity contribution is 7.13. The molecule has 1 aromatic heterocycles. The molecule has 0 aliphatic heterocycles. The number of amides is 1. The van der Waals surface area contributed by atoms with E-state index >= 15 is 0 Å². The Balaban J connectivity index is 1.89. The zero-order valence-corrected chi connectivity index (χ0v) is 19.1. The van der Waals surface area contributed by atoms with Crippen LogP contribution >= 0.6 is 34.5 Å². The van der Waals surface area contributed by atoms with E-state index in [0.717, 1.165) is 27.4 Å². The predicted molar refractivity (Wildman–Crippen MR) is 127 cm³/mol. The first-order chi connectivity index (χ1) is 15.0. The Morgan fingerprint density at radius 3 is 2.32 bits per heavy atom. The Hall–Kier alpha value is -2.86. The molecule has 0 aliphatic rings. The molecule has 4 aromatic rings. The van der Waals surface area contributed by atoms with Crippen LogP contribution in [0.3, 0.4) is 0 Å². The summed E-state index contributed by atoms with van der Waals surface area (Å²) in [4.78, 5) is 18.8. The fourth-order valence-corrected chi connectivity index (χ4v) is 4.86. The average Bonchev–Trinajstić information content (AvgIpc) is 3.10. The van der Waals surface area contributed by atoms with Gasteiger partial charge in [0.25, 0.3) is 5.91 Å². The van der Waals surface area contributed by atoms with Gasteiger partial charge in [-0.3, -0.25) is 4.79 Å². The predicted octanol–water partition coefficient (Wildman–Crippen LogP) is 6.48. The van der Waals surface area contributed by atoms with Crippen LogP contribution in [-0.4, -0.2) is 17.6 Å². The molecule has 1 amide bonds. The maximum Gasteiger partial charge on any atom is 0.281 e. The van der Waals surface area contributed by atoms with Gasteiger partial charge in [0.1, 0.15) is 5.75 Å². The summed E-state index contributed by atoms with van der Waals surface area (Å²) in [6.07, 6.45) is 0. The summed E-state index contributed by atoms with van der Waals surface area (Å²) in [5, 5.41) is 0.746. The average molecular weight is 469 g/mol. The lowest BCUT2D eigenvalue weighted by atomic mass is 10.1. The summed E-state index contributed by atoms with van der Waals surface area (Å²) in [7, 11) is 3.54. The number of halogens is 2. The second-order valence-corrected chi connectivity index (χ2v) is 8.58. The number of thiazole rings is 1. The summed E-state index contributed by atoms with van der Waals surface area (Å²) < 4.78 is 7.21. The molecule has 0 spiro atoms. The first kappa shape index (κ1) is 21.4. The van der Waals surface area contributed by atoms with Crippen molar-refractivity contribution in [2.24, 2.45) is 12.0 Å². The van der Waals surface area contributed by atoms with E-state index < -0.39 is 5.91 Å². The molecule has 0 saturated carbocycles. The van der Waals surface area contributed by atoms with Gasteiger partial charge in [-0.15, -0.1) is 0 Å². The highest BCUT2D eigenvalue weighted by Gasteiger charge is 2.17. The van der Waals surface area contributed by atoms with Crippen molar-refractivity contribution in [3.05, 3.63) is 93.2 Å². The Morgan fingerprint density at radius 1 is 0.968 bits per heavy atom. The van der Waals surface area contributed by atoms with E-state index in [2.05, 4.69) is 4.99 Å². The van der Waals surface area contributed by atoms with Crippen molar-refractivity contribution in [2.45, 2.75) is 0 Å². The van der Waals surface area contributed by atoms with Crippen LogP contribution in [0.2, 0.25) is 10.0 Å². The maximum absolute atomic E-state index is 12.9. The minimum atomic E-state index is -0.417. The van der Waals surface area contributed by atoms with Gasteiger partial charge in [-0.05, 0) is 53.6 Å². The van der Waals surface area contributed by atoms with Gasteiger partial charge in [0.2, 0.25) is 0 Å². The van der Waals surface area contributed by atoms with Crippen molar-refractivity contribution in [1.82, 2.24) is 4.57 Å². The molecule has 0 atom stereocenters. The van der Waals surface area contributed by atoms with Crippen molar-refractivity contribution in [2.75, 3.05) is 7.11 Å². The van der Waals surface area contributed by atoms with Gasteiger partial charge in [-0.2, -0.15) is 4.99 Å². The number of aromatic nitrogens is 1. The lowest BCUT2D eigenvalue weighted by molar-refractivity contribution is 0.0998. The molecule has 0 N–H and O–H groups in total. The van der Waals surface area contributed by atoms with Crippen LogP contribution in [0.1, 0.15) is 10.4 Å². The Kier molecular flexibility index (Phi) is 6.28. The van der Waals surface area contributed by atoms with Crippen LogP contribution in [0, 0.1) is 0 Å². The molecule has 31 heavy (non-hydrogen) atoms. The zero-order chi connectivity index (χ0) is 22.0. The molecule has 0 bridgehead atoms. The van der Waals surface area contributed by atoms with Gasteiger partial charge in [-0.25, -0.2) is 0 Å². The maximum atomic E-state index is 12.9. The highest BCUT2D eigenvalue weighted by atomic mass is 35.5. The summed E-state index contributed by atoms with van der Waals surface area (Å²) in [6.45, 7) is 0. The molecule has 0 aliphatic carbocycles. The number of benzene rings is 3. The van der Waals surface area contributed by atoms with Crippen molar-refractivity contribution in [1.29, 1.82) is 0 Å². The van der Waals surface area contributed by atoms with E-state index in [1.54, 1.807) is 25.3 Å². The summed E-state index contributed by atoms with van der Waals surface area (Å²) in [6, 6.07) is 22.6. The smallest absolute Gasteiger partial charge is 0.281 e. The number of hydrogen-bond acceptors (Lipinski definition) is 3. The molecule has 3 aromatic carbocycles. The number of rotatable bonds is 4. The van der Waals surface area contributed by atoms with Crippen LogP contribution < -0.4 is 9.54 Å². The van der Waals surface area contributed by atoms with E-state index in [-0.39, 0.29) is 5.02 Å². The number of methoxy groups -OCH3 is 1. The van der Waals surface area contributed by atoms with Gasteiger partial charge in [-0.1, -0.05) is 64.9 Å². The molecule has 0 radical (unpaired) electrons. The van der Waals surface area contributed by atoms with E-state index in [0.29, 0.717) is 15.4 Å². The van der Waals surface area contributed by atoms with E-state index in [1.807, 2.05) is 66.2 Å². The van der Waals surface area contributed by atoms with Crippen LogP contribution in [-0.2, 0) is 7.05 Å². The third-order valence-electron chi connectivity index (χ3n) is 4.79. The van der Waals surface area contributed by atoms with Crippen molar-refractivity contribution in [3.8, 4) is 27.4 Å². The SMILES string of the molecule is COc1ccc(-c2c(-c3ccccc3)sc(=NC(=O)c3ccc(Cl)cc3Cl)n2C)cc1. The number of ether oxygens (including phenoxy) is 1. The Morgan fingerprint density at radius 2 is 1.68 bits per heavy atom. The molecule has 7 heteroatoms. The standard InChI is InChI=1S/C24H18Cl2N2O2S/c1-28-21(15-8-11-18(30-2)12-9-15)22(16-6-4-3-5-7-16)31-24(28)27-23(29)19-13-10-17(25)14-20(19)26/h3-14H,1-2H3. The normalized spacial score (nSPS) is 11.5. The fourth-order valence-electron chi connectivity index (χ4n) is 3.22. The van der Waals surface area contributed by atoms with Gasteiger partial charge >= 0.3 is 0 Å². The molecular weight excluding hydrogens is 451 g/mol. The first-order valence-electron chi connectivity index (χ1n) is 9.41. The molecule has 156 valence electrons. The highest BCUT2D eigenvalue weighted by Crippen LogP contribution is 2.35. The second kappa shape index (κ2) is 9.10. The van der Waals surface area contributed by atoms with Gasteiger partial charge in [0, 0.05) is 12.1 Å². The third kappa shape index (κ3) is 4.44. The van der Waals surface area contributed by atoms with Crippen molar-refractivity contribution >= 4 is 40.4 Å². The largest absolute Gasteiger partial charge is 0.497 e. The Bertz CT molecular complexity index is 1310. The molecular formula is C24H18Cl2N2O2S. The molecule has 0 fully saturated rings. The van der Waals surface area contributed by atoms with Crippen LogP contribution in [0.25, 0.3) is 21.7 Å². The first-order valence-corrected chi connectivity index (χ1v) is 11.0. The van der Waals surface area contributed by atoms with Gasteiger partial charge < -0.3 is 9.30 Å². The minimum Gasteiger partial charge on any atom is -0.497 e. The summed E-state index contributed by atoms with van der Waals surface area (Å²) in [5.74, 6) is 0.361. The van der Waals surface area contributed by atoms with E-state index in [9.17, 15) is 4.79 Å². The number of carbonyl (C=O) groups is 1. The fraction of sp³-hybridized carbons (Fsp3) is 0.0833. The number of nitrogens with zero attached hydrogens (tertiary/aromatic N) is 2. The zero-order valence-electron chi connectivity index (χ0n) is 16.8. The van der Waals surface area contributed by atoms with Crippen LogP contribution in [0.4, 0.5) is 0 Å². The quantitative estimate of drug-likeness (QED) is 0.344. The van der Waals surface area contributed by atoms with Crippen molar-refractivity contribution in [3.63, 3.8) is 0 Å².